The Kier molecular flexibility index (Phi) is 4.12. The van der Waals surface area contributed by atoms with Crippen LogP contribution >= 0.6 is 0 Å². The van der Waals surface area contributed by atoms with E-state index in [9.17, 15) is 4.79 Å². The lowest BCUT2D eigenvalue weighted by molar-refractivity contribution is -0.123. The number of imidazole rings is 1. The van der Waals surface area contributed by atoms with E-state index >= 15 is 0 Å². The zero-order chi connectivity index (χ0) is 16.4. The second kappa shape index (κ2) is 6.21. The van der Waals surface area contributed by atoms with Crippen molar-refractivity contribution in [1.82, 2.24) is 30.0 Å². The van der Waals surface area contributed by atoms with E-state index in [-0.39, 0.29) is 5.91 Å². The molecule has 0 spiro atoms. The quantitative estimate of drug-likeness (QED) is 0.733. The van der Waals surface area contributed by atoms with Crippen LogP contribution < -0.4 is 10.6 Å². The molecule has 0 radical (unpaired) electrons. The zero-order valence-electron chi connectivity index (χ0n) is 13.4. The van der Waals surface area contributed by atoms with Gasteiger partial charge >= 0.3 is 0 Å². The summed E-state index contributed by atoms with van der Waals surface area (Å²) in [6.07, 6.45) is 3.52. The molecule has 1 amide bonds. The fourth-order valence-electron chi connectivity index (χ4n) is 2.66. The standard InChI is InChI=1S/C16H20N6O/c1-17-15(11-8-19-21(2)10-11)16(23)18-9-14-20-12-6-4-5-7-13(12)22(14)3/h4-8,10,15,17H,9H2,1-3H3,(H,18,23). The van der Waals surface area contributed by atoms with Gasteiger partial charge in [0.05, 0.1) is 23.8 Å². The zero-order valence-corrected chi connectivity index (χ0v) is 13.4. The Labute approximate surface area is 134 Å². The van der Waals surface area contributed by atoms with Crippen LogP contribution in [0, 0.1) is 0 Å². The molecule has 7 nitrogen and oxygen atoms in total. The number of hydrogen-bond acceptors (Lipinski definition) is 4. The lowest BCUT2D eigenvalue weighted by Gasteiger charge is -2.14. The summed E-state index contributed by atoms with van der Waals surface area (Å²) in [5, 5.41) is 10.1. The predicted octanol–water partition coefficient (Wildman–Crippen LogP) is 0.884. The number of carbonyl (C=O) groups is 1. The monoisotopic (exact) mass is 312 g/mol. The van der Waals surface area contributed by atoms with Gasteiger partial charge < -0.3 is 15.2 Å². The summed E-state index contributed by atoms with van der Waals surface area (Å²) >= 11 is 0. The molecular formula is C16H20N6O. The molecule has 3 rings (SSSR count). The van der Waals surface area contributed by atoms with Crippen LogP contribution in [-0.4, -0.2) is 32.3 Å². The molecule has 0 aliphatic rings. The summed E-state index contributed by atoms with van der Waals surface area (Å²) < 4.78 is 3.67. The Morgan fingerprint density at radius 1 is 1.30 bits per heavy atom. The maximum absolute atomic E-state index is 12.4. The van der Waals surface area contributed by atoms with Crippen LogP contribution in [0.1, 0.15) is 17.4 Å². The van der Waals surface area contributed by atoms with E-state index in [1.165, 1.54) is 0 Å². The second-order valence-electron chi connectivity index (χ2n) is 5.46. The number of likely N-dealkylation sites (N-methyl/N-ethyl adjacent to an activating group) is 1. The SMILES string of the molecule is CNC(C(=O)NCc1nc2ccccc2n1C)c1cnn(C)c1. The molecule has 120 valence electrons. The molecule has 0 aliphatic carbocycles. The van der Waals surface area contributed by atoms with Crippen LogP contribution in [0.2, 0.25) is 0 Å². The summed E-state index contributed by atoms with van der Waals surface area (Å²) in [6.45, 7) is 0.377. The first-order valence-electron chi connectivity index (χ1n) is 7.44. The topological polar surface area (TPSA) is 76.8 Å². The number of nitrogens with zero attached hydrogens (tertiary/aromatic N) is 4. The maximum Gasteiger partial charge on any atom is 0.242 e. The van der Waals surface area contributed by atoms with Gasteiger partial charge in [-0.2, -0.15) is 5.10 Å². The third-order valence-corrected chi connectivity index (χ3v) is 3.91. The molecule has 0 saturated carbocycles. The Bertz CT molecular complexity index is 834. The summed E-state index contributed by atoms with van der Waals surface area (Å²) in [5.41, 5.74) is 2.81. The Morgan fingerprint density at radius 3 is 2.74 bits per heavy atom. The number of aromatic nitrogens is 4. The van der Waals surface area contributed by atoms with Gasteiger partial charge in [-0.15, -0.1) is 0 Å². The first kappa shape index (κ1) is 15.2. The van der Waals surface area contributed by atoms with Gasteiger partial charge in [0, 0.05) is 25.9 Å². The van der Waals surface area contributed by atoms with E-state index in [4.69, 9.17) is 0 Å². The second-order valence-corrected chi connectivity index (χ2v) is 5.46. The first-order valence-corrected chi connectivity index (χ1v) is 7.44. The smallest absolute Gasteiger partial charge is 0.242 e. The van der Waals surface area contributed by atoms with Crippen LogP contribution in [0.5, 0.6) is 0 Å². The number of nitrogens with one attached hydrogen (secondary N) is 2. The number of aryl methyl sites for hydroxylation is 2. The summed E-state index contributed by atoms with van der Waals surface area (Å²) in [4.78, 5) is 17.0. The van der Waals surface area contributed by atoms with Crippen molar-refractivity contribution in [2.75, 3.05) is 7.05 Å². The molecule has 0 bridgehead atoms. The van der Waals surface area contributed by atoms with Gasteiger partial charge in [0.15, 0.2) is 0 Å². The molecule has 3 aromatic rings. The van der Waals surface area contributed by atoms with Crippen molar-refractivity contribution < 1.29 is 4.79 Å². The molecule has 23 heavy (non-hydrogen) atoms. The van der Waals surface area contributed by atoms with E-state index in [2.05, 4.69) is 20.7 Å². The normalized spacial score (nSPS) is 12.5. The number of benzene rings is 1. The fourth-order valence-corrected chi connectivity index (χ4v) is 2.66. The number of hydrogen-bond donors (Lipinski definition) is 2. The molecule has 2 aromatic heterocycles. The highest BCUT2D eigenvalue weighted by molar-refractivity contribution is 5.83. The highest BCUT2D eigenvalue weighted by Crippen LogP contribution is 2.15. The largest absolute Gasteiger partial charge is 0.347 e. The van der Waals surface area contributed by atoms with E-state index in [0.29, 0.717) is 6.54 Å². The molecule has 2 N–H and O–H groups in total. The first-order chi connectivity index (χ1) is 11.1. The average molecular weight is 312 g/mol. The minimum absolute atomic E-state index is 0.104. The van der Waals surface area contributed by atoms with E-state index in [1.807, 2.05) is 49.1 Å². The van der Waals surface area contributed by atoms with E-state index in [0.717, 1.165) is 22.4 Å². The van der Waals surface area contributed by atoms with Crippen molar-refractivity contribution >= 4 is 16.9 Å². The molecule has 1 unspecified atom stereocenters. The van der Waals surface area contributed by atoms with E-state index in [1.54, 1.807) is 17.9 Å². The third kappa shape index (κ3) is 2.95. The minimum atomic E-state index is -0.432. The van der Waals surface area contributed by atoms with Gasteiger partial charge in [-0.3, -0.25) is 9.48 Å². The van der Waals surface area contributed by atoms with Crippen LogP contribution in [0.3, 0.4) is 0 Å². The molecule has 2 heterocycles. The molecule has 1 aromatic carbocycles. The number of para-hydroxylation sites is 2. The summed E-state index contributed by atoms with van der Waals surface area (Å²) in [5.74, 6) is 0.716. The summed E-state index contributed by atoms with van der Waals surface area (Å²) in [6, 6.07) is 7.48. The van der Waals surface area contributed by atoms with Gasteiger partial charge in [-0.1, -0.05) is 12.1 Å². The minimum Gasteiger partial charge on any atom is -0.347 e. The average Bonchev–Trinajstić information content (AvgIpc) is 3.11. The Hall–Kier alpha value is -2.67. The highest BCUT2D eigenvalue weighted by atomic mass is 16.2. The molecule has 0 aliphatic heterocycles. The van der Waals surface area contributed by atoms with Gasteiger partial charge in [-0.25, -0.2) is 4.98 Å². The molecule has 7 heteroatoms. The van der Waals surface area contributed by atoms with Crippen LogP contribution in [0.4, 0.5) is 0 Å². The number of carbonyl (C=O) groups excluding carboxylic acids is 1. The fraction of sp³-hybridized carbons (Fsp3) is 0.312. The lowest BCUT2D eigenvalue weighted by Crippen LogP contribution is -2.36. The van der Waals surface area contributed by atoms with Crippen LogP contribution in [0.15, 0.2) is 36.7 Å². The van der Waals surface area contributed by atoms with E-state index < -0.39 is 6.04 Å². The number of amides is 1. The van der Waals surface area contributed by atoms with Gasteiger partial charge in [0.25, 0.3) is 0 Å². The third-order valence-electron chi connectivity index (χ3n) is 3.91. The Balaban J connectivity index is 1.73. The number of rotatable bonds is 5. The lowest BCUT2D eigenvalue weighted by atomic mass is 10.1. The van der Waals surface area contributed by atoms with Crippen molar-refractivity contribution in [3.8, 4) is 0 Å². The molecular weight excluding hydrogens is 292 g/mol. The van der Waals surface area contributed by atoms with Gasteiger partial charge in [-0.05, 0) is 19.2 Å². The van der Waals surface area contributed by atoms with Crippen molar-refractivity contribution in [3.05, 3.63) is 48.0 Å². The molecule has 1 atom stereocenters. The van der Waals surface area contributed by atoms with Crippen LogP contribution in [0.25, 0.3) is 11.0 Å². The van der Waals surface area contributed by atoms with Crippen molar-refractivity contribution in [2.45, 2.75) is 12.6 Å². The molecule has 0 saturated heterocycles. The summed E-state index contributed by atoms with van der Waals surface area (Å²) in [7, 11) is 5.54. The Morgan fingerprint density at radius 2 is 2.09 bits per heavy atom. The highest BCUT2D eigenvalue weighted by Gasteiger charge is 2.20. The van der Waals surface area contributed by atoms with Crippen molar-refractivity contribution in [1.29, 1.82) is 0 Å². The predicted molar refractivity (Wildman–Crippen MR) is 87.6 cm³/mol. The molecule has 0 fully saturated rings. The maximum atomic E-state index is 12.4. The van der Waals surface area contributed by atoms with Crippen LogP contribution in [-0.2, 0) is 25.4 Å². The van der Waals surface area contributed by atoms with Gasteiger partial charge in [0.1, 0.15) is 11.9 Å². The van der Waals surface area contributed by atoms with Crippen molar-refractivity contribution in [3.63, 3.8) is 0 Å². The number of fused-ring (bicyclic) bond motifs is 1. The van der Waals surface area contributed by atoms with Gasteiger partial charge in [0.2, 0.25) is 5.91 Å². The van der Waals surface area contributed by atoms with Crippen molar-refractivity contribution in [2.24, 2.45) is 14.1 Å².